The van der Waals surface area contributed by atoms with Crippen LogP contribution in [-0.4, -0.2) is 48.1 Å². The first-order valence-corrected chi connectivity index (χ1v) is 8.72. The lowest BCUT2D eigenvalue weighted by Gasteiger charge is -2.38. The summed E-state index contributed by atoms with van der Waals surface area (Å²) in [7, 11) is 0. The molecule has 0 aromatic heterocycles. The number of carbonyl (C=O) groups is 1. The van der Waals surface area contributed by atoms with Gasteiger partial charge >= 0.3 is 0 Å². The van der Waals surface area contributed by atoms with Crippen LogP contribution in [0.5, 0.6) is 0 Å². The second kappa shape index (κ2) is 7.10. The maximum absolute atomic E-state index is 12.4. The SMILES string of the molecule is CCC(C)(C)NC(=O)C(C)N1CCC(C2CCCN2)CC1. The molecule has 2 atom stereocenters. The first-order chi connectivity index (χ1) is 9.93. The van der Waals surface area contributed by atoms with Crippen molar-refractivity contribution in [3.63, 3.8) is 0 Å². The molecule has 2 aliphatic heterocycles. The second-order valence-electron chi connectivity index (χ2n) is 7.48. The number of amides is 1. The molecule has 2 N–H and O–H groups in total. The molecule has 1 amide bonds. The predicted octanol–water partition coefficient (Wildman–Crippen LogP) is 2.14. The minimum absolute atomic E-state index is 0.00619. The van der Waals surface area contributed by atoms with Gasteiger partial charge in [-0.2, -0.15) is 0 Å². The van der Waals surface area contributed by atoms with E-state index in [1.165, 1.54) is 32.2 Å². The fraction of sp³-hybridized carbons (Fsp3) is 0.941. The Morgan fingerprint density at radius 3 is 2.52 bits per heavy atom. The summed E-state index contributed by atoms with van der Waals surface area (Å²) in [5.74, 6) is 0.991. The predicted molar refractivity (Wildman–Crippen MR) is 87.3 cm³/mol. The highest BCUT2D eigenvalue weighted by molar-refractivity contribution is 5.82. The molecule has 4 heteroatoms. The van der Waals surface area contributed by atoms with E-state index in [1.807, 2.05) is 0 Å². The van der Waals surface area contributed by atoms with Crippen molar-refractivity contribution in [1.82, 2.24) is 15.5 Å². The van der Waals surface area contributed by atoms with Crippen molar-refractivity contribution >= 4 is 5.91 Å². The topological polar surface area (TPSA) is 44.4 Å². The summed E-state index contributed by atoms with van der Waals surface area (Å²) in [6, 6.07) is 0.726. The molecule has 0 saturated carbocycles. The van der Waals surface area contributed by atoms with Gasteiger partial charge in [-0.25, -0.2) is 0 Å². The number of nitrogens with zero attached hydrogens (tertiary/aromatic N) is 1. The summed E-state index contributed by atoms with van der Waals surface area (Å²) < 4.78 is 0. The van der Waals surface area contributed by atoms with Crippen molar-refractivity contribution in [2.45, 2.75) is 77.4 Å². The van der Waals surface area contributed by atoms with Crippen molar-refractivity contribution < 1.29 is 4.79 Å². The van der Waals surface area contributed by atoms with Crippen LogP contribution in [-0.2, 0) is 4.79 Å². The average Bonchev–Trinajstić information content (AvgIpc) is 3.00. The van der Waals surface area contributed by atoms with E-state index in [0.717, 1.165) is 31.5 Å². The van der Waals surface area contributed by atoms with E-state index >= 15 is 0 Å². The standard InChI is InChI=1S/C17H33N3O/c1-5-17(3,4)19-16(21)13(2)20-11-8-14(9-12-20)15-7-6-10-18-15/h13-15,18H,5-12H2,1-4H3,(H,19,21). The number of hydrogen-bond acceptors (Lipinski definition) is 3. The fourth-order valence-corrected chi connectivity index (χ4v) is 3.52. The Hall–Kier alpha value is -0.610. The molecule has 2 aliphatic rings. The van der Waals surface area contributed by atoms with Crippen LogP contribution in [0.1, 0.15) is 59.8 Å². The highest BCUT2D eigenvalue weighted by Crippen LogP contribution is 2.26. The smallest absolute Gasteiger partial charge is 0.237 e. The van der Waals surface area contributed by atoms with Crippen LogP contribution in [0, 0.1) is 5.92 Å². The van der Waals surface area contributed by atoms with Crippen molar-refractivity contribution in [2.24, 2.45) is 5.92 Å². The van der Waals surface area contributed by atoms with Crippen LogP contribution in [0.4, 0.5) is 0 Å². The molecule has 0 aromatic carbocycles. The number of carbonyl (C=O) groups excluding carboxylic acids is 1. The summed E-state index contributed by atoms with van der Waals surface area (Å²) in [5, 5.41) is 6.81. The van der Waals surface area contributed by atoms with E-state index in [-0.39, 0.29) is 17.5 Å². The molecule has 0 radical (unpaired) electrons. The zero-order chi connectivity index (χ0) is 15.5. The molecule has 0 spiro atoms. The van der Waals surface area contributed by atoms with Gasteiger partial charge in [0.1, 0.15) is 0 Å². The van der Waals surface area contributed by atoms with Crippen LogP contribution in [0.2, 0.25) is 0 Å². The van der Waals surface area contributed by atoms with Crippen LogP contribution < -0.4 is 10.6 Å². The van der Waals surface area contributed by atoms with Gasteiger partial charge in [0.05, 0.1) is 6.04 Å². The average molecular weight is 295 g/mol. The van der Waals surface area contributed by atoms with E-state index < -0.39 is 0 Å². The van der Waals surface area contributed by atoms with Gasteiger partial charge in [0.25, 0.3) is 0 Å². The Bertz CT molecular complexity index is 342. The molecule has 2 rings (SSSR count). The Kier molecular flexibility index (Phi) is 5.67. The van der Waals surface area contributed by atoms with Gasteiger partial charge in [0.2, 0.25) is 5.91 Å². The third kappa shape index (κ3) is 4.43. The zero-order valence-corrected chi connectivity index (χ0v) is 14.2. The minimum Gasteiger partial charge on any atom is -0.350 e. The fourth-order valence-electron chi connectivity index (χ4n) is 3.52. The lowest BCUT2D eigenvalue weighted by atomic mass is 9.88. The maximum Gasteiger partial charge on any atom is 0.237 e. The highest BCUT2D eigenvalue weighted by Gasteiger charge is 2.32. The Labute approximate surface area is 130 Å². The van der Waals surface area contributed by atoms with Gasteiger partial charge in [-0.05, 0) is 78.4 Å². The molecule has 0 aliphatic carbocycles. The van der Waals surface area contributed by atoms with E-state index in [9.17, 15) is 4.79 Å². The number of piperidine rings is 1. The van der Waals surface area contributed by atoms with Crippen molar-refractivity contribution in [1.29, 1.82) is 0 Å². The summed E-state index contributed by atoms with van der Waals surface area (Å²) in [4.78, 5) is 14.7. The number of hydrogen-bond donors (Lipinski definition) is 2. The highest BCUT2D eigenvalue weighted by atomic mass is 16.2. The Morgan fingerprint density at radius 1 is 1.33 bits per heavy atom. The number of rotatable bonds is 5. The van der Waals surface area contributed by atoms with Gasteiger partial charge in [0, 0.05) is 11.6 Å². The molecule has 21 heavy (non-hydrogen) atoms. The lowest BCUT2D eigenvalue weighted by Crippen LogP contribution is -2.54. The summed E-state index contributed by atoms with van der Waals surface area (Å²) in [6.07, 6.45) is 6.08. The molecule has 2 fully saturated rings. The summed E-state index contributed by atoms with van der Waals surface area (Å²) in [6.45, 7) is 11.7. The molecule has 0 bridgehead atoms. The number of nitrogens with one attached hydrogen (secondary N) is 2. The van der Waals surface area contributed by atoms with Crippen LogP contribution in [0.25, 0.3) is 0 Å². The monoisotopic (exact) mass is 295 g/mol. The molecular weight excluding hydrogens is 262 g/mol. The van der Waals surface area contributed by atoms with E-state index in [1.54, 1.807) is 0 Å². The lowest BCUT2D eigenvalue weighted by molar-refractivity contribution is -0.128. The maximum atomic E-state index is 12.4. The van der Waals surface area contributed by atoms with E-state index in [2.05, 4.69) is 43.2 Å². The van der Waals surface area contributed by atoms with E-state index in [0.29, 0.717) is 0 Å². The summed E-state index contributed by atoms with van der Waals surface area (Å²) >= 11 is 0. The Morgan fingerprint density at radius 2 is 2.00 bits per heavy atom. The van der Waals surface area contributed by atoms with Gasteiger partial charge in [0.15, 0.2) is 0 Å². The van der Waals surface area contributed by atoms with Gasteiger partial charge in [-0.15, -0.1) is 0 Å². The quantitative estimate of drug-likeness (QED) is 0.817. The molecule has 122 valence electrons. The van der Waals surface area contributed by atoms with Crippen molar-refractivity contribution in [3.05, 3.63) is 0 Å². The van der Waals surface area contributed by atoms with Gasteiger partial charge < -0.3 is 10.6 Å². The summed E-state index contributed by atoms with van der Waals surface area (Å²) in [5.41, 5.74) is -0.0998. The first kappa shape index (κ1) is 16.8. The van der Waals surface area contributed by atoms with Crippen LogP contribution in [0.15, 0.2) is 0 Å². The molecule has 2 unspecified atom stereocenters. The zero-order valence-electron chi connectivity index (χ0n) is 14.2. The third-order valence-corrected chi connectivity index (χ3v) is 5.51. The van der Waals surface area contributed by atoms with Crippen molar-refractivity contribution in [3.8, 4) is 0 Å². The second-order valence-corrected chi connectivity index (χ2v) is 7.48. The Balaban J connectivity index is 1.79. The van der Waals surface area contributed by atoms with Crippen LogP contribution in [0.3, 0.4) is 0 Å². The normalized spacial score (nSPS) is 26.8. The molecule has 4 nitrogen and oxygen atoms in total. The third-order valence-electron chi connectivity index (χ3n) is 5.51. The first-order valence-electron chi connectivity index (χ1n) is 8.72. The minimum atomic E-state index is -0.0998. The van der Waals surface area contributed by atoms with E-state index in [4.69, 9.17) is 0 Å². The van der Waals surface area contributed by atoms with Crippen LogP contribution >= 0.6 is 0 Å². The molecular formula is C17H33N3O. The molecule has 2 heterocycles. The van der Waals surface area contributed by atoms with Gasteiger partial charge in [-0.3, -0.25) is 9.69 Å². The number of likely N-dealkylation sites (tertiary alicyclic amines) is 1. The van der Waals surface area contributed by atoms with Gasteiger partial charge in [-0.1, -0.05) is 6.92 Å². The van der Waals surface area contributed by atoms with Crippen molar-refractivity contribution in [2.75, 3.05) is 19.6 Å². The molecule has 2 saturated heterocycles. The molecule has 0 aromatic rings. The largest absolute Gasteiger partial charge is 0.350 e.